The number of thiophene rings is 1. The van der Waals surface area contributed by atoms with Gasteiger partial charge in [-0.05, 0) is 23.6 Å². The smallest absolute Gasteiger partial charge is 0.342 e. The zero-order chi connectivity index (χ0) is 16.9. The number of hydrogen-bond donors (Lipinski definition) is 0. The molecule has 0 bridgehead atoms. The highest BCUT2D eigenvalue weighted by Crippen LogP contribution is 2.31. The van der Waals surface area contributed by atoms with Crippen molar-refractivity contribution in [3.63, 3.8) is 0 Å². The number of nitrogens with zero attached hydrogens (tertiary/aromatic N) is 2. The van der Waals surface area contributed by atoms with Crippen LogP contribution in [0.1, 0.15) is 16.2 Å². The Hall–Kier alpha value is -2.87. The lowest BCUT2D eigenvalue weighted by atomic mass is 10.2. The van der Waals surface area contributed by atoms with E-state index in [1.807, 2.05) is 17.5 Å². The van der Waals surface area contributed by atoms with Gasteiger partial charge in [-0.25, -0.2) is 4.79 Å². The number of carbonyl (C=O) groups excluding carboxylic acids is 1. The fourth-order valence-electron chi connectivity index (χ4n) is 2.07. The Kier molecular flexibility index (Phi) is 4.76. The average Bonchev–Trinajstić information content (AvgIpc) is 3.29. The van der Waals surface area contributed by atoms with E-state index < -0.39 is 5.97 Å². The van der Waals surface area contributed by atoms with E-state index in [9.17, 15) is 4.79 Å². The van der Waals surface area contributed by atoms with E-state index in [4.69, 9.17) is 18.7 Å². The van der Waals surface area contributed by atoms with Crippen LogP contribution in [0.15, 0.2) is 40.2 Å². The van der Waals surface area contributed by atoms with Gasteiger partial charge in [-0.1, -0.05) is 17.3 Å². The van der Waals surface area contributed by atoms with Crippen LogP contribution in [0.2, 0.25) is 0 Å². The van der Waals surface area contributed by atoms with Crippen molar-refractivity contribution in [2.45, 2.75) is 6.61 Å². The largest absolute Gasteiger partial charge is 0.493 e. The number of hydrogen-bond acceptors (Lipinski definition) is 8. The fourth-order valence-corrected chi connectivity index (χ4v) is 2.72. The fraction of sp³-hybridized carbons (Fsp3) is 0.188. The first-order valence-electron chi connectivity index (χ1n) is 6.97. The SMILES string of the molecule is COc1cccc(C(=O)OCc2nc(-c3cccs3)no2)c1OC. The number of carbonyl (C=O) groups is 1. The quantitative estimate of drug-likeness (QED) is 0.634. The Morgan fingerprint density at radius 3 is 2.79 bits per heavy atom. The van der Waals surface area contributed by atoms with E-state index in [1.54, 1.807) is 18.2 Å². The molecule has 0 radical (unpaired) electrons. The summed E-state index contributed by atoms with van der Waals surface area (Å²) in [5.74, 6) is 0.879. The summed E-state index contributed by atoms with van der Waals surface area (Å²) < 4.78 is 20.7. The molecule has 2 heterocycles. The molecule has 0 spiro atoms. The molecule has 124 valence electrons. The molecular formula is C16H14N2O5S. The van der Waals surface area contributed by atoms with Crippen LogP contribution >= 0.6 is 11.3 Å². The van der Waals surface area contributed by atoms with Crippen molar-refractivity contribution < 1.29 is 23.5 Å². The van der Waals surface area contributed by atoms with E-state index in [1.165, 1.54) is 25.6 Å². The van der Waals surface area contributed by atoms with Crippen LogP contribution in [0.4, 0.5) is 0 Å². The Labute approximate surface area is 141 Å². The van der Waals surface area contributed by atoms with Crippen molar-refractivity contribution in [2.24, 2.45) is 0 Å². The van der Waals surface area contributed by atoms with E-state index in [-0.39, 0.29) is 18.1 Å². The molecule has 24 heavy (non-hydrogen) atoms. The molecule has 0 saturated carbocycles. The molecule has 0 aliphatic rings. The minimum Gasteiger partial charge on any atom is -0.493 e. The van der Waals surface area contributed by atoms with Gasteiger partial charge in [-0.2, -0.15) is 4.98 Å². The molecule has 3 rings (SSSR count). The summed E-state index contributed by atoms with van der Waals surface area (Å²) in [6, 6.07) is 8.74. The van der Waals surface area contributed by atoms with E-state index in [0.29, 0.717) is 17.3 Å². The van der Waals surface area contributed by atoms with Crippen molar-refractivity contribution in [1.29, 1.82) is 0 Å². The van der Waals surface area contributed by atoms with Gasteiger partial charge >= 0.3 is 5.97 Å². The standard InChI is InChI=1S/C16H14N2O5S/c1-20-11-6-3-5-10(14(11)21-2)16(19)22-9-13-17-15(18-23-13)12-7-4-8-24-12/h3-8H,9H2,1-2H3. The predicted molar refractivity (Wildman–Crippen MR) is 86.3 cm³/mol. The molecule has 0 atom stereocenters. The van der Waals surface area contributed by atoms with Gasteiger partial charge in [0.15, 0.2) is 18.1 Å². The van der Waals surface area contributed by atoms with Crippen LogP contribution in [0.3, 0.4) is 0 Å². The highest BCUT2D eigenvalue weighted by molar-refractivity contribution is 7.13. The predicted octanol–water partition coefficient (Wildman–Crippen LogP) is 3.17. The summed E-state index contributed by atoms with van der Waals surface area (Å²) in [6.45, 7) is -0.127. The van der Waals surface area contributed by atoms with Gasteiger partial charge in [0.05, 0.1) is 19.1 Å². The third-order valence-corrected chi connectivity index (χ3v) is 4.03. The summed E-state index contributed by atoms with van der Waals surface area (Å²) >= 11 is 1.50. The maximum Gasteiger partial charge on any atom is 0.342 e. The lowest BCUT2D eigenvalue weighted by Gasteiger charge is -2.11. The molecule has 0 amide bonds. The van der Waals surface area contributed by atoms with Crippen LogP contribution in [-0.2, 0) is 11.3 Å². The Morgan fingerprint density at radius 2 is 2.08 bits per heavy atom. The Balaban J connectivity index is 1.70. The van der Waals surface area contributed by atoms with Gasteiger partial charge in [0, 0.05) is 0 Å². The maximum absolute atomic E-state index is 12.3. The normalized spacial score (nSPS) is 10.4. The molecule has 3 aromatic rings. The van der Waals surface area contributed by atoms with Gasteiger partial charge < -0.3 is 18.7 Å². The number of benzene rings is 1. The van der Waals surface area contributed by atoms with Gasteiger partial charge in [0.2, 0.25) is 5.82 Å². The van der Waals surface area contributed by atoms with E-state index >= 15 is 0 Å². The van der Waals surface area contributed by atoms with Crippen LogP contribution < -0.4 is 9.47 Å². The lowest BCUT2D eigenvalue weighted by molar-refractivity contribution is 0.0425. The highest BCUT2D eigenvalue weighted by atomic mass is 32.1. The summed E-state index contributed by atoms with van der Waals surface area (Å²) in [4.78, 5) is 17.3. The third kappa shape index (κ3) is 3.23. The number of aromatic nitrogens is 2. The molecule has 2 aromatic heterocycles. The minimum absolute atomic E-state index is 0.127. The first-order chi connectivity index (χ1) is 11.7. The molecule has 0 fully saturated rings. The second-order valence-corrected chi connectivity index (χ2v) is 5.55. The van der Waals surface area contributed by atoms with Crippen molar-refractivity contribution in [3.05, 3.63) is 47.2 Å². The van der Waals surface area contributed by atoms with Crippen molar-refractivity contribution >= 4 is 17.3 Å². The Bertz CT molecular complexity index is 829. The van der Waals surface area contributed by atoms with Gasteiger partial charge in [-0.3, -0.25) is 0 Å². The zero-order valence-corrected chi connectivity index (χ0v) is 13.8. The molecule has 0 aliphatic carbocycles. The first kappa shape index (κ1) is 16.0. The monoisotopic (exact) mass is 346 g/mol. The molecule has 8 heteroatoms. The first-order valence-corrected chi connectivity index (χ1v) is 7.85. The molecular weight excluding hydrogens is 332 g/mol. The molecule has 0 aliphatic heterocycles. The van der Waals surface area contributed by atoms with Crippen LogP contribution in [0, 0.1) is 0 Å². The number of methoxy groups -OCH3 is 2. The average molecular weight is 346 g/mol. The van der Waals surface area contributed by atoms with Crippen LogP contribution in [0.5, 0.6) is 11.5 Å². The number of ether oxygens (including phenoxy) is 3. The number of esters is 1. The van der Waals surface area contributed by atoms with Crippen molar-refractivity contribution in [3.8, 4) is 22.2 Å². The van der Waals surface area contributed by atoms with Gasteiger partial charge in [0.1, 0.15) is 5.56 Å². The molecule has 1 aromatic carbocycles. The van der Waals surface area contributed by atoms with Crippen molar-refractivity contribution in [1.82, 2.24) is 10.1 Å². The second kappa shape index (κ2) is 7.14. The zero-order valence-electron chi connectivity index (χ0n) is 13.0. The highest BCUT2D eigenvalue weighted by Gasteiger charge is 2.19. The third-order valence-electron chi connectivity index (χ3n) is 3.16. The van der Waals surface area contributed by atoms with E-state index in [2.05, 4.69) is 10.1 Å². The number of rotatable bonds is 6. The maximum atomic E-state index is 12.3. The lowest BCUT2D eigenvalue weighted by Crippen LogP contribution is -2.08. The molecule has 7 nitrogen and oxygen atoms in total. The summed E-state index contributed by atoms with van der Waals surface area (Å²) in [7, 11) is 2.96. The Morgan fingerprint density at radius 1 is 1.21 bits per heavy atom. The minimum atomic E-state index is -0.568. The molecule has 0 unspecified atom stereocenters. The van der Waals surface area contributed by atoms with Gasteiger partial charge in [-0.15, -0.1) is 11.3 Å². The summed E-state index contributed by atoms with van der Waals surface area (Å²) in [6.07, 6.45) is 0. The summed E-state index contributed by atoms with van der Waals surface area (Å²) in [5.41, 5.74) is 0.259. The van der Waals surface area contributed by atoms with E-state index in [0.717, 1.165) is 4.88 Å². The van der Waals surface area contributed by atoms with Crippen LogP contribution in [0.25, 0.3) is 10.7 Å². The second-order valence-electron chi connectivity index (χ2n) is 4.61. The molecule has 0 N–H and O–H groups in total. The number of para-hydroxylation sites is 1. The topological polar surface area (TPSA) is 83.7 Å². The van der Waals surface area contributed by atoms with Crippen LogP contribution in [-0.4, -0.2) is 30.3 Å². The molecule has 0 saturated heterocycles. The van der Waals surface area contributed by atoms with Gasteiger partial charge in [0.25, 0.3) is 5.89 Å². The summed E-state index contributed by atoms with van der Waals surface area (Å²) in [5, 5.41) is 5.78. The van der Waals surface area contributed by atoms with Crippen molar-refractivity contribution in [2.75, 3.05) is 14.2 Å².